The highest BCUT2D eigenvalue weighted by atomic mass is 16.5. The average molecular weight is 200 g/mol. The van der Waals surface area contributed by atoms with Crippen molar-refractivity contribution < 1.29 is 9.53 Å². The Morgan fingerprint density at radius 2 is 2.36 bits per heavy atom. The highest BCUT2D eigenvalue weighted by Crippen LogP contribution is 2.03. The number of carbonyl (C=O) groups excluding carboxylic acids is 1. The van der Waals surface area contributed by atoms with Crippen LogP contribution in [0, 0.1) is 0 Å². The van der Waals surface area contributed by atoms with Crippen LogP contribution >= 0.6 is 0 Å². The van der Waals surface area contributed by atoms with E-state index in [4.69, 9.17) is 4.74 Å². The van der Waals surface area contributed by atoms with Crippen LogP contribution in [0.3, 0.4) is 0 Å². The van der Waals surface area contributed by atoms with Gasteiger partial charge in [-0.3, -0.25) is 4.79 Å². The summed E-state index contributed by atoms with van der Waals surface area (Å²) in [7, 11) is 3.58. The molecule has 1 atom stereocenters. The highest BCUT2D eigenvalue weighted by molar-refractivity contribution is 5.75. The number of nitrogens with zero attached hydrogens (tertiary/aromatic N) is 1. The van der Waals surface area contributed by atoms with Crippen LogP contribution in [-0.4, -0.2) is 50.7 Å². The molecule has 1 heterocycles. The lowest BCUT2D eigenvalue weighted by Crippen LogP contribution is -2.31. The lowest BCUT2D eigenvalue weighted by molar-refractivity contribution is -0.128. The van der Waals surface area contributed by atoms with Crippen molar-refractivity contribution in [3.63, 3.8) is 0 Å². The smallest absolute Gasteiger partial charge is 0.222 e. The van der Waals surface area contributed by atoms with Gasteiger partial charge in [0.05, 0.1) is 6.61 Å². The largest absolute Gasteiger partial charge is 0.380 e. The number of carbonyl (C=O) groups is 1. The standard InChI is InChI=1S/C10H20N2O2/c1-12(2)10(13)4-3-6-11-9-5-7-14-8-9/h9,11H,3-8H2,1-2H3. The topological polar surface area (TPSA) is 41.6 Å². The first-order valence-corrected chi connectivity index (χ1v) is 5.21. The summed E-state index contributed by atoms with van der Waals surface area (Å²) < 4.78 is 5.24. The second-order valence-corrected chi connectivity index (χ2v) is 3.91. The summed E-state index contributed by atoms with van der Waals surface area (Å²) in [5.74, 6) is 0.203. The van der Waals surface area contributed by atoms with Crippen LogP contribution in [-0.2, 0) is 9.53 Å². The molecular weight excluding hydrogens is 180 g/mol. The van der Waals surface area contributed by atoms with Gasteiger partial charge in [0.25, 0.3) is 0 Å². The van der Waals surface area contributed by atoms with E-state index in [1.165, 1.54) is 0 Å². The van der Waals surface area contributed by atoms with Crippen LogP contribution < -0.4 is 5.32 Å². The molecule has 1 saturated heterocycles. The number of nitrogens with one attached hydrogen (secondary N) is 1. The molecule has 0 saturated carbocycles. The van der Waals surface area contributed by atoms with Gasteiger partial charge in [0, 0.05) is 33.2 Å². The molecule has 0 aromatic carbocycles. The van der Waals surface area contributed by atoms with E-state index in [-0.39, 0.29) is 5.91 Å². The van der Waals surface area contributed by atoms with E-state index in [9.17, 15) is 4.79 Å². The third-order valence-electron chi connectivity index (χ3n) is 2.43. The number of hydrogen-bond acceptors (Lipinski definition) is 3. The maximum Gasteiger partial charge on any atom is 0.222 e. The molecule has 1 aliphatic rings. The lowest BCUT2D eigenvalue weighted by Gasteiger charge is -2.12. The molecule has 1 fully saturated rings. The maximum absolute atomic E-state index is 11.2. The van der Waals surface area contributed by atoms with E-state index in [1.54, 1.807) is 19.0 Å². The highest BCUT2D eigenvalue weighted by Gasteiger charge is 2.14. The maximum atomic E-state index is 11.2. The summed E-state index contributed by atoms with van der Waals surface area (Å²) in [6.45, 7) is 2.60. The second-order valence-electron chi connectivity index (χ2n) is 3.91. The molecule has 4 nitrogen and oxygen atoms in total. The molecule has 1 rings (SSSR count). The molecule has 0 aromatic heterocycles. The fourth-order valence-corrected chi connectivity index (χ4v) is 1.46. The summed E-state index contributed by atoms with van der Waals surface area (Å²) >= 11 is 0. The van der Waals surface area contributed by atoms with Gasteiger partial charge in [-0.25, -0.2) is 0 Å². The molecular formula is C10H20N2O2. The Hall–Kier alpha value is -0.610. The van der Waals surface area contributed by atoms with Gasteiger partial charge in [-0.1, -0.05) is 0 Å². The Morgan fingerprint density at radius 3 is 2.93 bits per heavy atom. The van der Waals surface area contributed by atoms with Crippen molar-refractivity contribution >= 4 is 5.91 Å². The molecule has 1 aliphatic heterocycles. The van der Waals surface area contributed by atoms with Crippen molar-refractivity contribution in [2.45, 2.75) is 25.3 Å². The van der Waals surface area contributed by atoms with Gasteiger partial charge in [0.1, 0.15) is 0 Å². The SMILES string of the molecule is CN(C)C(=O)CCCNC1CCOC1. The fourth-order valence-electron chi connectivity index (χ4n) is 1.46. The van der Waals surface area contributed by atoms with Crippen molar-refractivity contribution in [2.24, 2.45) is 0 Å². The van der Waals surface area contributed by atoms with Crippen molar-refractivity contribution in [2.75, 3.05) is 33.9 Å². The summed E-state index contributed by atoms with van der Waals surface area (Å²) in [6, 6.07) is 0.504. The number of ether oxygens (including phenoxy) is 1. The van der Waals surface area contributed by atoms with Gasteiger partial charge in [0.2, 0.25) is 5.91 Å². The van der Waals surface area contributed by atoms with E-state index in [1.807, 2.05) is 0 Å². The van der Waals surface area contributed by atoms with Gasteiger partial charge in [0.15, 0.2) is 0 Å². The number of rotatable bonds is 5. The Labute approximate surface area is 85.6 Å². The van der Waals surface area contributed by atoms with Crippen LogP contribution in [0.25, 0.3) is 0 Å². The van der Waals surface area contributed by atoms with E-state index in [0.717, 1.165) is 32.6 Å². The van der Waals surface area contributed by atoms with E-state index < -0.39 is 0 Å². The van der Waals surface area contributed by atoms with Crippen molar-refractivity contribution in [3.8, 4) is 0 Å². The molecule has 0 spiro atoms. The quantitative estimate of drug-likeness (QED) is 0.646. The minimum Gasteiger partial charge on any atom is -0.380 e. The molecule has 0 aromatic rings. The molecule has 82 valence electrons. The third-order valence-corrected chi connectivity index (χ3v) is 2.43. The first kappa shape index (κ1) is 11.5. The first-order valence-electron chi connectivity index (χ1n) is 5.21. The van der Waals surface area contributed by atoms with Gasteiger partial charge in [-0.15, -0.1) is 0 Å². The van der Waals surface area contributed by atoms with Gasteiger partial charge in [-0.2, -0.15) is 0 Å². The summed E-state index contributed by atoms with van der Waals surface area (Å²) in [5, 5.41) is 3.38. The zero-order valence-electron chi connectivity index (χ0n) is 9.08. The molecule has 14 heavy (non-hydrogen) atoms. The van der Waals surface area contributed by atoms with Crippen LogP contribution in [0.2, 0.25) is 0 Å². The molecule has 1 unspecified atom stereocenters. The minimum atomic E-state index is 0.203. The van der Waals surface area contributed by atoms with Crippen molar-refractivity contribution in [3.05, 3.63) is 0 Å². The lowest BCUT2D eigenvalue weighted by atomic mass is 10.2. The Balaban J connectivity index is 1.96. The Bertz CT molecular complexity index is 177. The third kappa shape index (κ3) is 4.07. The molecule has 0 aliphatic carbocycles. The molecule has 4 heteroatoms. The Kier molecular flexibility index (Phi) is 4.90. The number of amides is 1. The van der Waals surface area contributed by atoms with E-state index >= 15 is 0 Å². The van der Waals surface area contributed by atoms with Gasteiger partial charge in [-0.05, 0) is 19.4 Å². The summed E-state index contributed by atoms with van der Waals surface area (Å²) in [6.07, 6.45) is 2.64. The van der Waals surface area contributed by atoms with E-state index in [2.05, 4.69) is 5.32 Å². The normalized spacial score (nSPS) is 21.1. The monoisotopic (exact) mass is 200 g/mol. The predicted octanol–water partition coefficient (Wildman–Crippen LogP) is 0.233. The minimum absolute atomic E-state index is 0.203. The average Bonchev–Trinajstić information content (AvgIpc) is 2.64. The van der Waals surface area contributed by atoms with Gasteiger partial charge >= 0.3 is 0 Å². The summed E-state index contributed by atoms with van der Waals surface area (Å²) in [5.41, 5.74) is 0. The Morgan fingerprint density at radius 1 is 1.57 bits per heavy atom. The second kappa shape index (κ2) is 5.98. The predicted molar refractivity (Wildman–Crippen MR) is 55.2 cm³/mol. The van der Waals surface area contributed by atoms with Crippen molar-refractivity contribution in [1.82, 2.24) is 10.2 Å². The molecule has 1 amide bonds. The zero-order chi connectivity index (χ0) is 10.4. The van der Waals surface area contributed by atoms with Crippen LogP contribution in [0.4, 0.5) is 0 Å². The molecule has 0 radical (unpaired) electrons. The molecule has 0 bridgehead atoms. The summed E-state index contributed by atoms with van der Waals surface area (Å²) in [4.78, 5) is 12.8. The molecule has 1 N–H and O–H groups in total. The van der Waals surface area contributed by atoms with Gasteiger partial charge < -0.3 is 15.0 Å². The van der Waals surface area contributed by atoms with Crippen LogP contribution in [0.15, 0.2) is 0 Å². The zero-order valence-corrected chi connectivity index (χ0v) is 9.08. The number of hydrogen-bond donors (Lipinski definition) is 1. The van der Waals surface area contributed by atoms with Crippen molar-refractivity contribution in [1.29, 1.82) is 0 Å². The fraction of sp³-hybridized carbons (Fsp3) is 0.900. The van der Waals surface area contributed by atoms with Crippen LogP contribution in [0.5, 0.6) is 0 Å². The van der Waals surface area contributed by atoms with E-state index in [0.29, 0.717) is 12.5 Å². The van der Waals surface area contributed by atoms with Crippen LogP contribution in [0.1, 0.15) is 19.3 Å². The first-order chi connectivity index (χ1) is 6.70.